The maximum atomic E-state index is 12.7. The van der Waals surface area contributed by atoms with E-state index in [1.807, 2.05) is 12.1 Å². The molecule has 0 spiro atoms. The van der Waals surface area contributed by atoms with Crippen LogP contribution in [0.5, 0.6) is 0 Å². The van der Waals surface area contributed by atoms with Crippen molar-refractivity contribution in [2.75, 3.05) is 13.1 Å². The number of fused-ring (bicyclic) bond motifs is 2. The van der Waals surface area contributed by atoms with Crippen molar-refractivity contribution in [3.05, 3.63) is 35.6 Å². The van der Waals surface area contributed by atoms with E-state index in [4.69, 9.17) is 0 Å². The summed E-state index contributed by atoms with van der Waals surface area (Å²) in [5, 5.41) is 3.58. The molecule has 18 heavy (non-hydrogen) atoms. The van der Waals surface area contributed by atoms with Crippen molar-refractivity contribution in [3.8, 4) is 0 Å². The lowest BCUT2D eigenvalue weighted by Crippen LogP contribution is -2.28. The van der Waals surface area contributed by atoms with Crippen LogP contribution < -0.4 is 5.32 Å². The lowest BCUT2D eigenvalue weighted by Gasteiger charge is -2.21. The molecule has 3 atom stereocenters. The van der Waals surface area contributed by atoms with Gasteiger partial charge < -0.3 is 5.32 Å². The van der Waals surface area contributed by atoms with E-state index >= 15 is 0 Å². The summed E-state index contributed by atoms with van der Waals surface area (Å²) in [6, 6.07) is 6.86. The second kappa shape index (κ2) is 5.40. The third kappa shape index (κ3) is 2.74. The zero-order chi connectivity index (χ0) is 12.4. The minimum atomic E-state index is -0.145. The maximum absolute atomic E-state index is 12.7. The van der Waals surface area contributed by atoms with Crippen molar-refractivity contribution in [2.24, 2.45) is 17.8 Å². The van der Waals surface area contributed by atoms with Gasteiger partial charge in [-0.1, -0.05) is 18.6 Å². The van der Waals surface area contributed by atoms with Crippen LogP contribution in [-0.2, 0) is 6.42 Å². The molecule has 1 nitrogen and oxygen atoms in total. The summed E-state index contributed by atoms with van der Waals surface area (Å²) in [4.78, 5) is 0. The molecule has 2 saturated carbocycles. The van der Waals surface area contributed by atoms with Crippen molar-refractivity contribution in [2.45, 2.75) is 32.1 Å². The van der Waals surface area contributed by atoms with Crippen molar-refractivity contribution in [1.29, 1.82) is 0 Å². The Labute approximate surface area is 109 Å². The monoisotopic (exact) mass is 247 g/mol. The Morgan fingerprint density at radius 1 is 1.11 bits per heavy atom. The van der Waals surface area contributed by atoms with E-state index in [1.165, 1.54) is 37.8 Å². The molecule has 2 bridgehead atoms. The van der Waals surface area contributed by atoms with Crippen LogP contribution in [0.25, 0.3) is 0 Å². The predicted octanol–water partition coefficient (Wildman–Crippen LogP) is 3.39. The molecule has 0 aliphatic heterocycles. The van der Waals surface area contributed by atoms with Gasteiger partial charge in [0.05, 0.1) is 0 Å². The minimum absolute atomic E-state index is 0.145. The van der Waals surface area contributed by atoms with Gasteiger partial charge in [0.1, 0.15) is 5.82 Å². The van der Waals surface area contributed by atoms with Crippen molar-refractivity contribution < 1.29 is 4.39 Å². The summed E-state index contributed by atoms with van der Waals surface area (Å²) in [6.45, 7) is 2.20. The van der Waals surface area contributed by atoms with Gasteiger partial charge in [0.2, 0.25) is 0 Å². The minimum Gasteiger partial charge on any atom is -0.316 e. The molecule has 2 aliphatic rings. The second-order valence-electron chi connectivity index (χ2n) is 6.02. The van der Waals surface area contributed by atoms with E-state index in [-0.39, 0.29) is 5.82 Å². The summed E-state index contributed by atoms with van der Waals surface area (Å²) in [6.07, 6.45) is 6.89. The fourth-order valence-electron chi connectivity index (χ4n) is 3.80. The van der Waals surface area contributed by atoms with Crippen molar-refractivity contribution in [1.82, 2.24) is 5.32 Å². The molecule has 0 aromatic heterocycles. The van der Waals surface area contributed by atoms with Gasteiger partial charge >= 0.3 is 0 Å². The van der Waals surface area contributed by atoms with Crippen LogP contribution in [0.4, 0.5) is 4.39 Å². The van der Waals surface area contributed by atoms with Gasteiger partial charge in [-0.25, -0.2) is 4.39 Å². The fraction of sp³-hybridized carbons (Fsp3) is 0.625. The van der Waals surface area contributed by atoms with Gasteiger partial charge in [-0.2, -0.15) is 0 Å². The Balaban J connectivity index is 1.36. The van der Waals surface area contributed by atoms with E-state index in [2.05, 4.69) is 5.32 Å². The summed E-state index contributed by atoms with van der Waals surface area (Å²) >= 11 is 0. The highest BCUT2D eigenvalue weighted by atomic mass is 19.1. The molecule has 1 N–H and O–H groups in total. The van der Waals surface area contributed by atoms with Gasteiger partial charge in [0, 0.05) is 0 Å². The van der Waals surface area contributed by atoms with E-state index in [0.29, 0.717) is 0 Å². The summed E-state index contributed by atoms with van der Waals surface area (Å²) in [5.74, 6) is 2.83. The number of rotatable bonds is 5. The van der Waals surface area contributed by atoms with Gasteiger partial charge in [-0.05, 0) is 74.2 Å². The second-order valence-corrected chi connectivity index (χ2v) is 6.02. The standard InChI is InChI=1S/C16H22FN/c17-16-5-2-12(3-6-16)7-8-18-11-15-10-13-1-4-14(15)9-13/h2-3,5-6,13-15,18H,1,4,7-11H2. The van der Waals surface area contributed by atoms with Gasteiger partial charge in [0.15, 0.2) is 0 Å². The summed E-state index contributed by atoms with van der Waals surface area (Å²) < 4.78 is 12.7. The predicted molar refractivity (Wildman–Crippen MR) is 71.9 cm³/mol. The molecule has 2 aliphatic carbocycles. The van der Waals surface area contributed by atoms with E-state index in [9.17, 15) is 4.39 Å². The van der Waals surface area contributed by atoms with Crippen LogP contribution in [-0.4, -0.2) is 13.1 Å². The van der Waals surface area contributed by atoms with Crippen LogP contribution in [0, 0.1) is 23.6 Å². The zero-order valence-corrected chi connectivity index (χ0v) is 10.9. The first-order valence-electron chi connectivity index (χ1n) is 7.26. The highest BCUT2D eigenvalue weighted by Crippen LogP contribution is 2.47. The fourth-order valence-corrected chi connectivity index (χ4v) is 3.80. The Bertz CT molecular complexity index is 387. The van der Waals surface area contributed by atoms with Crippen molar-refractivity contribution in [3.63, 3.8) is 0 Å². The molecule has 0 amide bonds. The SMILES string of the molecule is Fc1ccc(CCNCC2CC3CCC2C3)cc1. The third-order valence-corrected chi connectivity index (χ3v) is 4.79. The average Bonchev–Trinajstić information content (AvgIpc) is 2.99. The average molecular weight is 247 g/mol. The summed E-state index contributed by atoms with van der Waals surface area (Å²) in [7, 11) is 0. The molecular formula is C16H22FN. The molecule has 0 radical (unpaired) electrons. The van der Waals surface area contributed by atoms with Gasteiger partial charge in [-0.15, -0.1) is 0 Å². The lowest BCUT2D eigenvalue weighted by molar-refractivity contribution is 0.320. The highest BCUT2D eigenvalue weighted by Gasteiger charge is 2.38. The Morgan fingerprint density at radius 3 is 2.61 bits per heavy atom. The molecule has 1 aromatic carbocycles. The Morgan fingerprint density at radius 2 is 1.94 bits per heavy atom. The largest absolute Gasteiger partial charge is 0.316 e. The van der Waals surface area contributed by atoms with Crippen LogP contribution in [0.15, 0.2) is 24.3 Å². The maximum Gasteiger partial charge on any atom is 0.123 e. The van der Waals surface area contributed by atoms with E-state index < -0.39 is 0 Å². The molecule has 98 valence electrons. The third-order valence-electron chi connectivity index (χ3n) is 4.79. The van der Waals surface area contributed by atoms with Gasteiger partial charge in [0.25, 0.3) is 0 Å². The first-order chi connectivity index (χ1) is 8.81. The number of halogens is 1. The molecule has 2 fully saturated rings. The topological polar surface area (TPSA) is 12.0 Å². The first kappa shape index (κ1) is 12.2. The molecule has 1 aromatic rings. The van der Waals surface area contributed by atoms with Crippen LogP contribution in [0.1, 0.15) is 31.2 Å². The smallest absolute Gasteiger partial charge is 0.123 e. The molecule has 0 heterocycles. The normalized spacial score (nSPS) is 29.9. The lowest BCUT2D eigenvalue weighted by atomic mass is 9.89. The van der Waals surface area contributed by atoms with E-state index in [1.54, 1.807) is 12.1 Å². The van der Waals surface area contributed by atoms with Crippen molar-refractivity contribution >= 4 is 0 Å². The quantitative estimate of drug-likeness (QED) is 0.786. The van der Waals surface area contributed by atoms with Crippen LogP contribution >= 0.6 is 0 Å². The summed E-state index contributed by atoms with van der Waals surface area (Å²) in [5.41, 5.74) is 1.22. The van der Waals surface area contributed by atoms with Gasteiger partial charge in [-0.3, -0.25) is 0 Å². The van der Waals surface area contributed by atoms with E-state index in [0.717, 1.165) is 30.7 Å². The Hall–Kier alpha value is -0.890. The zero-order valence-electron chi connectivity index (χ0n) is 10.9. The molecule has 0 saturated heterocycles. The highest BCUT2D eigenvalue weighted by molar-refractivity contribution is 5.16. The number of nitrogens with one attached hydrogen (secondary N) is 1. The number of hydrogen-bond donors (Lipinski definition) is 1. The first-order valence-corrected chi connectivity index (χ1v) is 7.26. The number of benzene rings is 1. The van der Waals surface area contributed by atoms with Crippen LogP contribution in [0.2, 0.25) is 0 Å². The molecule has 3 rings (SSSR count). The molecule has 3 unspecified atom stereocenters. The molecule has 2 heteroatoms. The molecular weight excluding hydrogens is 225 g/mol. The Kier molecular flexibility index (Phi) is 3.64. The number of hydrogen-bond acceptors (Lipinski definition) is 1. The van der Waals surface area contributed by atoms with Crippen LogP contribution in [0.3, 0.4) is 0 Å².